The number of hydrogen-bond donors (Lipinski definition) is 1. The number of nitrogens with zero attached hydrogens (tertiary/aromatic N) is 2. The molecule has 0 atom stereocenters. The average molecular weight is 311 g/mol. The quantitative estimate of drug-likeness (QED) is 0.943. The minimum absolute atomic E-state index is 0.106. The van der Waals surface area contributed by atoms with Crippen molar-refractivity contribution < 1.29 is 14.3 Å². The Bertz CT molecular complexity index is 773. The third-order valence-corrected chi connectivity index (χ3v) is 3.89. The lowest BCUT2D eigenvalue weighted by Gasteiger charge is -2.26. The summed E-state index contributed by atoms with van der Waals surface area (Å²) in [5.41, 5.74) is 2.99. The molecule has 0 unspecified atom stereocenters. The first-order valence-corrected chi connectivity index (χ1v) is 7.30. The Balaban J connectivity index is 1.84. The maximum atomic E-state index is 12.4. The number of pyridine rings is 1. The van der Waals surface area contributed by atoms with Crippen LogP contribution in [0.15, 0.2) is 36.5 Å². The highest BCUT2D eigenvalue weighted by molar-refractivity contribution is 6.06. The molecule has 1 aromatic carbocycles. The summed E-state index contributed by atoms with van der Waals surface area (Å²) >= 11 is 0. The molecule has 0 saturated heterocycles. The lowest BCUT2D eigenvalue weighted by Crippen LogP contribution is -2.31. The van der Waals surface area contributed by atoms with Crippen molar-refractivity contribution in [3.05, 3.63) is 47.7 Å². The topological polar surface area (TPSA) is 71.5 Å². The first kappa shape index (κ1) is 15.0. The zero-order valence-corrected chi connectivity index (χ0v) is 13.0. The summed E-state index contributed by atoms with van der Waals surface area (Å²) in [7, 11) is 3.24. The van der Waals surface area contributed by atoms with E-state index in [0.29, 0.717) is 24.1 Å². The monoisotopic (exact) mass is 311 g/mol. The molecule has 1 aliphatic rings. The summed E-state index contributed by atoms with van der Waals surface area (Å²) < 4.78 is 5.10. The number of aryl methyl sites for hydroxylation is 1. The number of anilines is 2. The van der Waals surface area contributed by atoms with Crippen LogP contribution in [0.1, 0.15) is 22.3 Å². The Morgan fingerprint density at radius 2 is 2.13 bits per heavy atom. The molecule has 0 radical (unpaired) electrons. The standard InChI is InChI=1S/C17H17N3O3/c1-20-14-7-6-12(10-11(14)5-8-15(20)21)19-16(22)13-4-3-9-18-17(13)23-2/h3-4,6-7,9-10H,5,8H2,1-2H3,(H,19,22). The number of rotatable bonds is 3. The maximum Gasteiger partial charge on any atom is 0.261 e. The fourth-order valence-electron chi connectivity index (χ4n) is 2.66. The molecule has 1 N–H and O–H groups in total. The van der Waals surface area contributed by atoms with Crippen molar-refractivity contribution in [2.45, 2.75) is 12.8 Å². The van der Waals surface area contributed by atoms with Crippen molar-refractivity contribution in [1.29, 1.82) is 0 Å². The van der Waals surface area contributed by atoms with Gasteiger partial charge < -0.3 is 15.0 Å². The van der Waals surface area contributed by atoms with Gasteiger partial charge in [0.2, 0.25) is 11.8 Å². The predicted molar refractivity (Wildman–Crippen MR) is 86.9 cm³/mol. The van der Waals surface area contributed by atoms with E-state index in [1.54, 1.807) is 36.3 Å². The molecule has 6 heteroatoms. The second kappa shape index (κ2) is 6.08. The molecule has 0 bridgehead atoms. The van der Waals surface area contributed by atoms with E-state index in [9.17, 15) is 9.59 Å². The van der Waals surface area contributed by atoms with Crippen LogP contribution in [0.2, 0.25) is 0 Å². The summed E-state index contributed by atoms with van der Waals surface area (Å²) in [4.78, 5) is 29.8. The summed E-state index contributed by atoms with van der Waals surface area (Å²) in [6.07, 6.45) is 2.73. The van der Waals surface area contributed by atoms with Gasteiger partial charge in [0.05, 0.1) is 7.11 Å². The minimum Gasteiger partial charge on any atom is -0.480 e. The van der Waals surface area contributed by atoms with E-state index in [0.717, 1.165) is 11.3 Å². The molecule has 0 spiro atoms. The van der Waals surface area contributed by atoms with Crippen molar-refractivity contribution in [2.75, 3.05) is 24.4 Å². The van der Waals surface area contributed by atoms with Crippen molar-refractivity contribution in [3.8, 4) is 5.88 Å². The summed E-state index contributed by atoms with van der Waals surface area (Å²) in [6, 6.07) is 8.88. The van der Waals surface area contributed by atoms with Gasteiger partial charge in [0.15, 0.2) is 0 Å². The predicted octanol–water partition coefficient (Wildman–Crippen LogP) is 2.25. The fourth-order valence-corrected chi connectivity index (χ4v) is 2.66. The van der Waals surface area contributed by atoms with Crippen LogP contribution < -0.4 is 15.0 Å². The summed E-state index contributed by atoms with van der Waals surface area (Å²) in [5.74, 6) is 0.109. The van der Waals surface area contributed by atoms with Crippen molar-refractivity contribution >= 4 is 23.2 Å². The van der Waals surface area contributed by atoms with E-state index in [1.165, 1.54) is 7.11 Å². The van der Waals surface area contributed by atoms with Gasteiger partial charge in [-0.25, -0.2) is 4.98 Å². The van der Waals surface area contributed by atoms with Crippen molar-refractivity contribution in [2.24, 2.45) is 0 Å². The number of methoxy groups -OCH3 is 1. The van der Waals surface area contributed by atoms with Gasteiger partial charge in [0.1, 0.15) is 5.56 Å². The van der Waals surface area contributed by atoms with Crippen LogP contribution in [0, 0.1) is 0 Å². The number of benzene rings is 1. The number of amides is 2. The molecule has 0 fully saturated rings. The first-order chi connectivity index (χ1) is 11.1. The number of fused-ring (bicyclic) bond motifs is 1. The SMILES string of the molecule is COc1ncccc1C(=O)Nc1ccc2c(c1)CCC(=O)N2C. The molecule has 23 heavy (non-hydrogen) atoms. The van der Waals surface area contributed by atoms with Crippen LogP contribution in [-0.2, 0) is 11.2 Å². The van der Waals surface area contributed by atoms with Crippen LogP contribution in [0.25, 0.3) is 0 Å². The maximum absolute atomic E-state index is 12.4. The Morgan fingerprint density at radius 3 is 2.91 bits per heavy atom. The van der Waals surface area contributed by atoms with Crippen LogP contribution in [0.3, 0.4) is 0 Å². The minimum atomic E-state index is -0.282. The third kappa shape index (κ3) is 2.88. The molecule has 6 nitrogen and oxygen atoms in total. The van der Waals surface area contributed by atoms with Gasteiger partial charge in [-0.1, -0.05) is 0 Å². The number of hydrogen-bond acceptors (Lipinski definition) is 4. The molecule has 2 heterocycles. The highest BCUT2D eigenvalue weighted by Crippen LogP contribution is 2.29. The third-order valence-electron chi connectivity index (χ3n) is 3.89. The smallest absolute Gasteiger partial charge is 0.261 e. The lowest BCUT2D eigenvalue weighted by molar-refractivity contribution is -0.118. The van der Waals surface area contributed by atoms with Crippen LogP contribution in [0.5, 0.6) is 5.88 Å². The van der Waals surface area contributed by atoms with E-state index in [4.69, 9.17) is 4.74 Å². The normalized spacial score (nSPS) is 13.5. The molecule has 2 aromatic rings. The van der Waals surface area contributed by atoms with Gasteiger partial charge in [-0.05, 0) is 42.3 Å². The van der Waals surface area contributed by atoms with Crippen LogP contribution in [-0.4, -0.2) is 31.0 Å². The van der Waals surface area contributed by atoms with Gasteiger partial charge in [0.25, 0.3) is 5.91 Å². The zero-order valence-electron chi connectivity index (χ0n) is 13.0. The molecule has 2 amide bonds. The van der Waals surface area contributed by atoms with E-state index in [-0.39, 0.29) is 17.7 Å². The molecular weight excluding hydrogens is 294 g/mol. The van der Waals surface area contributed by atoms with Crippen molar-refractivity contribution in [3.63, 3.8) is 0 Å². The van der Waals surface area contributed by atoms with Gasteiger partial charge in [0, 0.05) is 31.0 Å². The van der Waals surface area contributed by atoms with Gasteiger partial charge >= 0.3 is 0 Å². The average Bonchev–Trinajstić information content (AvgIpc) is 2.58. The summed E-state index contributed by atoms with van der Waals surface area (Å²) in [6.45, 7) is 0. The molecule has 0 saturated carbocycles. The fraction of sp³-hybridized carbons (Fsp3) is 0.235. The van der Waals surface area contributed by atoms with Crippen molar-refractivity contribution in [1.82, 2.24) is 4.98 Å². The number of aromatic nitrogens is 1. The van der Waals surface area contributed by atoms with Crippen LogP contribution >= 0.6 is 0 Å². The highest BCUT2D eigenvalue weighted by atomic mass is 16.5. The van der Waals surface area contributed by atoms with Gasteiger partial charge in [-0.2, -0.15) is 0 Å². The summed E-state index contributed by atoms with van der Waals surface area (Å²) in [5, 5.41) is 2.85. The molecule has 118 valence electrons. The Hall–Kier alpha value is -2.89. The first-order valence-electron chi connectivity index (χ1n) is 7.30. The Kier molecular flexibility index (Phi) is 3.97. The lowest BCUT2D eigenvalue weighted by atomic mass is 10.0. The van der Waals surface area contributed by atoms with Gasteiger partial charge in [-0.15, -0.1) is 0 Å². The van der Waals surface area contributed by atoms with E-state index in [2.05, 4.69) is 10.3 Å². The molecule has 3 rings (SSSR count). The van der Waals surface area contributed by atoms with Crippen LogP contribution in [0.4, 0.5) is 11.4 Å². The highest BCUT2D eigenvalue weighted by Gasteiger charge is 2.21. The number of ether oxygens (including phenoxy) is 1. The molecule has 1 aromatic heterocycles. The molecule has 0 aliphatic carbocycles. The second-order valence-electron chi connectivity index (χ2n) is 5.31. The molecule has 1 aliphatic heterocycles. The zero-order chi connectivity index (χ0) is 16.4. The Labute approximate surface area is 134 Å². The largest absolute Gasteiger partial charge is 0.480 e. The van der Waals surface area contributed by atoms with Gasteiger partial charge in [-0.3, -0.25) is 9.59 Å². The van der Waals surface area contributed by atoms with E-state index < -0.39 is 0 Å². The van der Waals surface area contributed by atoms with E-state index in [1.807, 2.05) is 12.1 Å². The molecular formula is C17H17N3O3. The second-order valence-corrected chi connectivity index (χ2v) is 5.31. The van der Waals surface area contributed by atoms with E-state index >= 15 is 0 Å². The number of carbonyl (C=O) groups is 2. The number of nitrogens with one attached hydrogen (secondary N) is 1. The Morgan fingerprint density at radius 1 is 1.30 bits per heavy atom. The number of carbonyl (C=O) groups excluding carboxylic acids is 2.